The summed E-state index contributed by atoms with van der Waals surface area (Å²) in [6.45, 7) is 2.08. The predicted octanol–water partition coefficient (Wildman–Crippen LogP) is 4.13. The van der Waals surface area contributed by atoms with Gasteiger partial charge in [0.1, 0.15) is 11.8 Å². The van der Waals surface area contributed by atoms with Crippen molar-refractivity contribution in [2.45, 2.75) is 6.92 Å². The summed E-state index contributed by atoms with van der Waals surface area (Å²) >= 11 is 0. The van der Waals surface area contributed by atoms with Gasteiger partial charge in [0.2, 0.25) is 0 Å². The molecule has 0 unspecified atom stereocenters. The second-order valence-electron chi connectivity index (χ2n) is 5.97. The van der Waals surface area contributed by atoms with Gasteiger partial charge in [-0.05, 0) is 55.5 Å². The summed E-state index contributed by atoms with van der Waals surface area (Å²) in [5.74, 6) is -0.771. The molecule has 7 nitrogen and oxygen atoms in total. The summed E-state index contributed by atoms with van der Waals surface area (Å²) in [4.78, 5) is 28.2. The summed E-state index contributed by atoms with van der Waals surface area (Å²) in [6.07, 6.45) is 1.53. The van der Waals surface area contributed by atoms with Gasteiger partial charge in [-0.3, -0.25) is 4.79 Å². The van der Waals surface area contributed by atoms with Crippen LogP contribution < -0.4 is 10.6 Å². The largest absolute Gasteiger partial charge is 0.462 e. The number of rotatable bonds is 6. The monoisotopic (exact) mass is 386 g/mol. The number of nitrogens with one attached hydrogen (secondary N) is 2. The second-order valence-corrected chi connectivity index (χ2v) is 5.97. The molecule has 3 rings (SSSR count). The van der Waals surface area contributed by atoms with Crippen LogP contribution in [0.4, 0.5) is 17.1 Å². The van der Waals surface area contributed by atoms with Crippen LogP contribution in [0.2, 0.25) is 0 Å². The number of hydrogen-bond donors (Lipinski definition) is 2. The minimum absolute atomic E-state index is 0.223. The molecule has 144 valence electrons. The molecule has 29 heavy (non-hydrogen) atoms. The summed E-state index contributed by atoms with van der Waals surface area (Å²) < 4.78 is 4.95. The molecule has 2 aromatic carbocycles. The lowest BCUT2D eigenvalue weighted by Crippen LogP contribution is -2.14. The van der Waals surface area contributed by atoms with Crippen LogP contribution in [0.1, 0.15) is 33.3 Å². The number of para-hydroxylation sites is 1. The van der Waals surface area contributed by atoms with E-state index < -0.39 is 5.91 Å². The van der Waals surface area contributed by atoms with Crippen molar-refractivity contribution >= 4 is 28.9 Å². The van der Waals surface area contributed by atoms with Crippen molar-refractivity contribution in [2.75, 3.05) is 17.2 Å². The highest BCUT2D eigenvalue weighted by Gasteiger charge is 2.10. The lowest BCUT2D eigenvalue weighted by atomic mass is 10.2. The summed E-state index contributed by atoms with van der Waals surface area (Å²) in [6, 6.07) is 18.9. The highest BCUT2D eigenvalue weighted by molar-refractivity contribution is 6.03. The van der Waals surface area contributed by atoms with Crippen LogP contribution >= 0.6 is 0 Å². The molecule has 0 fully saturated rings. The number of carbonyl (C=O) groups is 2. The summed E-state index contributed by atoms with van der Waals surface area (Å²) in [5, 5.41) is 14.9. The fourth-order valence-corrected chi connectivity index (χ4v) is 2.55. The van der Waals surface area contributed by atoms with Gasteiger partial charge in [-0.25, -0.2) is 9.78 Å². The molecule has 2 N–H and O–H groups in total. The number of nitriles is 1. The van der Waals surface area contributed by atoms with E-state index in [1.54, 1.807) is 67.6 Å². The molecule has 0 aliphatic heterocycles. The molecule has 0 bridgehead atoms. The fraction of sp³-hybridized carbons (Fsp3) is 0.0909. The van der Waals surface area contributed by atoms with E-state index in [1.165, 1.54) is 6.20 Å². The average molecular weight is 386 g/mol. The molecule has 0 aliphatic rings. The standard InChI is InChI=1S/C22H18N4O3/c1-2-29-22(28)15-7-9-17(10-8-15)25-18-11-12-20(24-14-18)21(27)26-19-6-4-3-5-16(19)13-23/h3-12,14,25H,2H2,1H3,(H,26,27). The second kappa shape index (κ2) is 9.15. The van der Waals surface area contributed by atoms with Crippen molar-refractivity contribution in [3.05, 3.63) is 83.7 Å². The van der Waals surface area contributed by atoms with E-state index in [-0.39, 0.29) is 11.7 Å². The van der Waals surface area contributed by atoms with Crippen LogP contribution in [0.15, 0.2) is 66.9 Å². The fourth-order valence-electron chi connectivity index (χ4n) is 2.55. The van der Waals surface area contributed by atoms with Crippen molar-refractivity contribution in [1.82, 2.24) is 4.98 Å². The molecule has 0 saturated carbocycles. The van der Waals surface area contributed by atoms with Crippen LogP contribution in [0.25, 0.3) is 0 Å². The molecule has 0 saturated heterocycles. The van der Waals surface area contributed by atoms with Crippen molar-refractivity contribution in [3.63, 3.8) is 0 Å². The number of anilines is 3. The summed E-state index contributed by atoms with van der Waals surface area (Å²) in [5.41, 5.74) is 2.96. The van der Waals surface area contributed by atoms with E-state index >= 15 is 0 Å². The number of benzene rings is 2. The number of carbonyl (C=O) groups excluding carboxylic acids is 2. The van der Waals surface area contributed by atoms with Gasteiger partial charge in [0, 0.05) is 5.69 Å². The number of hydrogen-bond acceptors (Lipinski definition) is 6. The molecule has 0 atom stereocenters. The zero-order valence-electron chi connectivity index (χ0n) is 15.7. The van der Waals surface area contributed by atoms with Crippen LogP contribution in [0, 0.1) is 11.3 Å². The van der Waals surface area contributed by atoms with E-state index in [0.29, 0.717) is 29.1 Å². The van der Waals surface area contributed by atoms with Crippen LogP contribution in [-0.2, 0) is 4.74 Å². The summed E-state index contributed by atoms with van der Waals surface area (Å²) in [7, 11) is 0. The molecular formula is C22H18N4O3. The van der Waals surface area contributed by atoms with Crippen LogP contribution in [0.3, 0.4) is 0 Å². The zero-order chi connectivity index (χ0) is 20.6. The van der Waals surface area contributed by atoms with Gasteiger partial charge in [0.15, 0.2) is 0 Å². The maximum Gasteiger partial charge on any atom is 0.338 e. The van der Waals surface area contributed by atoms with Gasteiger partial charge in [0.25, 0.3) is 5.91 Å². The molecule has 1 amide bonds. The van der Waals surface area contributed by atoms with Crippen molar-refractivity contribution in [2.24, 2.45) is 0 Å². The maximum atomic E-state index is 12.4. The predicted molar refractivity (Wildman–Crippen MR) is 109 cm³/mol. The van der Waals surface area contributed by atoms with Gasteiger partial charge in [-0.15, -0.1) is 0 Å². The minimum atomic E-state index is -0.405. The topological polar surface area (TPSA) is 104 Å². The Morgan fingerprint density at radius 1 is 1.03 bits per heavy atom. The molecule has 0 radical (unpaired) electrons. The SMILES string of the molecule is CCOC(=O)c1ccc(Nc2ccc(C(=O)Nc3ccccc3C#N)nc2)cc1. The van der Waals surface area contributed by atoms with E-state index in [9.17, 15) is 9.59 Å². The van der Waals surface area contributed by atoms with Crippen molar-refractivity contribution < 1.29 is 14.3 Å². The Bertz CT molecular complexity index is 1050. The lowest BCUT2D eigenvalue weighted by Gasteiger charge is -2.09. The third-order valence-electron chi connectivity index (χ3n) is 3.98. The van der Waals surface area contributed by atoms with Crippen LogP contribution in [-0.4, -0.2) is 23.5 Å². The quantitative estimate of drug-likeness (QED) is 0.618. The first-order valence-corrected chi connectivity index (χ1v) is 8.91. The number of nitrogens with zero attached hydrogens (tertiary/aromatic N) is 2. The van der Waals surface area contributed by atoms with Crippen LogP contribution in [0.5, 0.6) is 0 Å². The van der Waals surface area contributed by atoms with Gasteiger partial charge in [0.05, 0.1) is 35.3 Å². The number of aromatic nitrogens is 1. The molecule has 0 spiro atoms. The first kappa shape index (κ1) is 19.6. The Morgan fingerprint density at radius 2 is 1.76 bits per heavy atom. The number of pyridine rings is 1. The average Bonchev–Trinajstić information content (AvgIpc) is 2.75. The van der Waals surface area contributed by atoms with Gasteiger partial charge in [-0.1, -0.05) is 12.1 Å². The van der Waals surface area contributed by atoms with Gasteiger partial charge >= 0.3 is 5.97 Å². The first-order valence-electron chi connectivity index (χ1n) is 8.91. The normalized spacial score (nSPS) is 9.93. The Hall–Kier alpha value is -4.18. The van der Waals surface area contributed by atoms with Gasteiger partial charge < -0.3 is 15.4 Å². The van der Waals surface area contributed by atoms with Crippen molar-refractivity contribution in [1.29, 1.82) is 5.26 Å². The van der Waals surface area contributed by atoms with Crippen molar-refractivity contribution in [3.8, 4) is 6.07 Å². The third kappa shape index (κ3) is 4.96. The molecule has 1 heterocycles. The van der Waals surface area contributed by atoms with Gasteiger partial charge in [-0.2, -0.15) is 5.26 Å². The molecule has 7 heteroatoms. The van der Waals surface area contributed by atoms with E-state index in [0.717, 1.165) is 5.69 Å². The Morgan fingerprint density at radius 3 is 2.41 bits per heavy atom. The highest BCUT2D eigenvalue weighted by atomic mass is 16.5. The Kier molecular flexibility index (Phi) is 6.18. The number of esters is 1. The maximum absolute atomic E-state index is 12.4. The Labute approximate surface area is 168 Å². The molecule has 1 aromatic heterocycles. The van der Waals surface area contributed by atoms with E-state index in [1.807, 2.05) is 6.07 Å². The third-order valence-corrected chi connectivity index (χ3v) is 3.98. The Balaban J connectivity index is 1.65. The van der Waals surface area contributed by atoms with E-state index in [2.05, 4.69) is 15.6 Å². The molecule has 0 aliphatic carbocycles. The highest BCUT2D eigenvalue weighted by Crippen LogP contribution is 2.18. The first-order chi connectivity index (χ1) is 14.1. The lowest BCUT2D eigenvalue weighted by molar-refractivity contribution is 0.0526. The van der Waals surface area contributed by atoms with E-state index in [4.69, 9.17) is 10.00 Å². The molecular weight excluding hydrogens is 368 g/mol. The smallest absolute Gasteiger partial charge is 0.338 e. The minimum Gasteiger partial charge on any atom is -0.462 e. The number of ether oxygens (including phenoxy) is 1. The molecule has 3 aromatic rings. The number of amides is 1. The zero-order valence-corrected chi connectivity index (χ0v) is 15.7.